The molecule has 0 fully saturated rings. The SMILES string of the molecule is CC(Cc1cc2ccccc2o1)NC(=O)c1ccccc1Br. The molecule has 0 aliphatic heterocycles. The van der Waals surface area contributed by atoms with E-state index in [9.17, 15) is 4.79 Å². The van der Waals surface area contributed by atoms with Gasteiger partial charge in [-0.1, -0.05) is 30.3 Å². The Morgan fingerprint density at radius 3 is 2.68 bits per heavy atom. The lowest BCUT2D eigenvalue weighted by molar-refractivity contribution is 0.0938. The highest BCUT2D eigenvalue weighted by Crippen LogP contribution is 2.20. The van der Waals surface area contributed by atoms with Crippen molar-refractivity contribution >= 4 is 32.8 Å². The Morgan fingerprint density at radius 1 is 1.18 bits per heavy atom. The summed E-state index contributed by atoms with van der Waals surface area (Å²) in [4.78, 5) is 12.3. The third-order valence-electron chi connectivity index (χ3n) is 3.48. The fourth-order valence-electron chi connectivity index (χ4n) is 2.44. The van der Waals surface area contributed by atoms with Crippen molar-refractivity contribution in [3.63, 3.8) is 0 Å². The van der Waals surface area contributed by atoms with Gasteiger partial charge in [0.15, 0.2) is 0 Å². The fraction of sp³-hybridized carbons (Fsp3) is 0.167. The summed E-state index contributed by atoms with van der Waals surface area (Å²) in [6, 6.07) is 17.3. The maximum Gasteiger partial charge on any atom is 0.252 e. The number of halogens is 1. The second kappa shape index (κ2) is 6.36. The first-order valence-corrected chi connectivity index (χ1v) is 7.95. The molecule has 112 valence electrons. The summed E-state index contributed by atoms with van der Waals surface area (Å²) in [5.74, 6) is 0.789. The average molecular weight is 358 g/mol. The van der Waals surface area contributed by atoms with E-state index in [0.717, 1.165) is 21.2 Å². The summed E-state index contributed by atoms with van der Waals surface area (Å²) >= 11 is 3.40. The second-order valence-corrected chi connectivity index (χ2v) is 6.16. The molecule has 1 aromatic heterocycles. The van der Waals surface area contributed by atoms with Crippen molar-refractivity contribution in [3.8, 4) is 0 Å². The molecule has 22 heavy (non-hydrogen) atoms. The van der Waals surface area contributed by atoms with Gasteiger partial charge in [0.2, 0.25) is 0 Å². The number of amides is 1. The maximum atomic E-state index is 12.3. The molecule has 0 saturated carbocycles. The zero-order valence-corrected chi connectivity index (χ0v) is 13.8. The third kappa shape index (κ3) is 3.22. The van der Waals surface area contributed by atoms with Gasteiger partial charge in [-0.2, -0.15) is 0 Å². The van der Waals surface area contributed by atoms with Gasteiger partial charge in [-0.3, -0.25) is 4.79 Å². The van der Waals surface area contributed by atoms with Crippen molar-refractivity contribution in [1.29, 1.82) is 0 Å². The van der Waals surface area contributed by atoms with Gasteiger partial charge in [-0.15, -0.1) is 0 Å². The van der Waals surface area contributed by atoms with Crippen LogP contribution in [0.25, 0.3) is 11.0 Å². The Bertz CT molecular complexity index is 776. The number of carbonyl (C=O) groups excluding carboxylic acids is 1. The van der Waals surface area contributed by atoms with E-state index in [1.165, 1.54) is 0 Å². The summed E-state index contributed by atoms with van der Waals surface area (Å²) < 4.78 is 6.58. The van der Waals surface area contributed by atoms with Crippen LogP contribution in [0.15, 0.2) is 63.5 Å². The number of hydrogen-bond acceptors (Lipinski definition) is 2. The normalized spacial score (nSPS) is 12.3. The summed E-state index contributed by atoms with van der Waals surface area (Å²) in [6.07, 6.45) is 0.658. The Hall–Kier alpha value is -2.07. The lowest BCUT2D eigenvalue weighted by Gasteiger charge is -2.13. The van der Waals surface area contributed by atoms with Crippen LogP contribution in [0.1, 0.15) is 23.0 Å². The highest BCUT2D eigenvalue weighted by atomic mass is 79.9. The van der Waals surface area contributed by atoms with E-state index in [2.05, 4.69) is 21.2 Å². The third-order valence-corrected chi connectivity index (χ3v) is 4.17. The molecule has 4 heteroatoms. The van der Waals surface area contributed by atoms with E-state index in [0.29, 0.717) is 12.0 Å². The van der Waals surface area contributed by atoms with Crippen molar-refractivity contribution < 1.29 is 9.21 Å². The van der Waals surface area contributed by atoms with Crippen LogP contribution in [-0.4, -0.2) is 11.9 Å². The number of nitrogens with one attached hydrogen (secondary N) is 1. The molecule has 3 nitrogen and oxygen atoms in total. The van der Waals surface area contributed by atoms with E-state index in [4.69, 9.17) is 4.42 Å². The van der Waals surface area contributed by atoms with Crippen molar-refractivity contribution in [3.05, 3.63) is 70.4 Å². The van der Waals surface area contributed by atoms with Crippen LogP contribution in [0.2, 0.25) is 0 Å². The molecule has 0 radical (unpaired) electrons. The Morgan fingerprint density at radius 2 is 1.91 bits per heavy atom. The molecule has 3 aromatic rings. The molecule has 0 aliphatic carbocycles. The van der Waals surface area contributed by atoms with E-state index < -0.39 is 0 Å². The van der Waals surface area contributed by atoms with Crippen LogP contribution in [0.4, 0.5) is 0 Å². The van der Waals surface area contributed by atoms with Gasteiger partial charge in [0, 0.05) is 22.3 Å². The Labute approximate surface area is 137 Å². The van der Waals surface area contributed by atoms with Crippen LogP contribution in [0.5, 0.6) is 0 Å². The maximum absolute atomic E-state index is 12.3. The van der Waals surface area contributed by atoms with Gasteiger partial charge < -0.3 is 9.73 Å². The zero-order chi connectivity index (χ0) is 15.5. The van der Waals surface area contributed by atoms with Gasteiger partial charge >= 0.3 is 0 Å². The van der Waals surface area contributed by atoms with Crippen LogP contribution in [0.3, 0.4) is 0 Å². The van der Waals surface area contributed by atoms with E-state index >= 15 is 0 Å². The lowest BCUT2D eigenvalue weighted by Crippen LogP contribution is -2.34. The first-order chi connectivity index (χ1) is 10.6. The lowest BCUT2D eigenvalue weighted by atomic mass is 10.1. The molecule has 0 aliphatic rings. The molecule has 0 bridgehead atoms. The molecule has 3 rings (SSSR count). The standard InChI is InChI=1S/C18H16BrNO2/c1-12(20-18(21)15-7-3-4-8-16(15)19)10-14-11-13-6-2-5-9-17(13)22-14/h2-9,11-12H,10H2,1H3,(H,20,21). The van der Waals surface area contributed by atoms with E-state index in [1.54, 1.807) is 6.07 Å². The number of rotatable bonds is 4. The van der Waals surface area contributed by atoms with Gasteiger partial charge in [-0.25, -0.2) is 0 Å². The zero-order valence-electron chi connectivity index (χ0n) is 12.2. The number of benzene rings is 2. The highest BCUT2D eigenvalue weighted by molar-refractivity contribution is 9.10. The average Bonchev–Trinajstić information content (AvgIpc) is 2.89. The van der Waals surface area contributed by atoms with Crippen molar-refractivity contribution in [2.45, 2.75) is 19.4 Å². The van der Waals surface area contributed by atoms with Crippen molar-refractivity contribution in [2.24, 2.45) is 0 Å². The molecule has 0 spiro atoms. The minimum absolute atomic E-state index is 0.0137. The molecule has 1 unspecified atom stereocenters. The minimum Gasteiger partial charge on any atom is -0.461 e. The van der Waals surface area contributed by atoms with E-state index in [-0.39, 0.29) is 11.9 Å². The first-order valence-electron chi connectivity index (χ1n) is 7.16. The number of hydrogen-bond donors (Lipinski definition) is 1. The van der Waals surface area contributed by atoms with E-state index in [1.807, 2.05) is 55.5 Å². The van der Waals surface area contributed by atoms with Crippen molar-refractivity contribution in [1.82, 2.24) is 5.32 Å². The van der Waals surface area contributed by atoms with Crippen LogP contribution >= 0.6 is 15.9 Å². The quantitative estimate of drug-likeness (QED) is 0.743. The monoisotopic (exact) mass is 357 g/mol. The van der Waals surface area contributed by atoms with Gasteiger partial charge in [0.1, 0.15) is 11.3 Å². The van der Waals surface area contributed by atoms with Crippen molar-refractivity contribution in [2.75, 3.05) is 0 Å². The second-order valence-electron chi connectivity index (χ2n) is 5.31. The van der Waals surface area contributed by atoms with Crippen LogP contribution in [-0.2, 0) is 6.42 Å². The molecule has 1 atom stereocenters. The summed E-state index contributed by atoms with van der Waals surface area (Å²) in [7, 11) is 0. The molecule has 0 saturated heterocycles. The molecular weight excluding hydrogens is 342 g/mol. The summed E-state index contributed by atoms with van der Waals surface area (Å²) in [6.45, 7) is 1.97. The smallest absolute Gasteiger partial charge is 0.252 e. The van der Waals surface area contributed by atoms with Gasteiger partial charge in [0.05, 0.1) is 5.56 Å². The minimum atomic E-state index is -0.0870. The topological polar surface area (TPSA) is 42.2 Å². The van der Waals surface area contributed by atoms with Gasteiger partial charge in [-0.05, 0) is 47.1 Å². The molecular formula is C18H16BrNO2. The van der Waals surface area contributed by atoms with Crippen LogP contribution in [0, 0.1) is 0 Å². The molecule has 1 amide bonds. The summed E-state index contributed by atoms with van der Waals surface area (Å²) in [5, 5.41) is 4.09. The largest absolute Gasteiger partial charge is 0.461 e. The predicted molar refractivity (Wildman–Crippen MR) is 91.0 cm³/mol. The number of fused-ring (bicyclic) bond motifs is 1. The number of para-hydroxylation sites is 1. The number of furan rings is 1. The fourth-order valence-corrected chi connectivity index (χ4v) is 2.90. The predicted octanol–water partition coefficient (Wildman–Crippen LogP) is 4.56. The highest BCUT2D eigenvalue weighted by Gasteiger charge is 2.14. The molecule has 2 aromatic carbocycles. The first kappa shape index (κ1) is 14.9. The Balaban J connectivity index is 1.68. The number of carbonyl (C=O) groups is 1. The van der Waals surface area contributed by atoms with Crippen LogP contribution < -0.4 is 5.32 Å². The summed E-state index contributed by atoms with van der Waals surface area (Å²) in [5.41, 5.74) is 1.51. The Kier molecular flexibility index (Phi) is 4.29. The van der Waals surface area contributed by atoms with Gasteiger partial charge in [0.25, 0.3) is 5.91 Å². The molecule has 1 N–H and O–H groups in total. The molecule has 1 heterocycles.